The Morgan fingerprint density at radius 3 is 2.57 bits per heavy atom. The molecule has 0 N–H and O–H groups in total. The van der Waals surface area contributed by atoms with E-state index in [0.29, 0.717) is 23.7 Å². The van der Waals surface area contributed by atoms with Crippen LogP contribution in [0.4, 0.5) is 0 Å². The van der Waals surface area contributed by atoms with Crippen LogP contribution in [-0.2, 0) is 6.42 Å². The molecule has 4 nitrogen and oxygen atoms in total. The van der Waals surface area contributed by atoms with E-state index in [9.17, 15) is 4.79 Å². The Labute approximate surface area is 124 Å². The zero-order valence-corrected chi connectivity index (χ0v) is 12.3. The zero-order chi connectivity index (χ0) is 14.8. The fourth-order valence-corrected chi connectivity index (χ4v) is 2.19. The van der Waals surface area contributed by atoms with Crippen molar-refractivity contribution in [2.75, 3.05) is 0 Å². The highest BCUT2D eigenvalue weighted by Gasteiger charge is 2.23. The molecule has 1 aliphatic carbocycles. The third kappa shape index (κ3) is 3.10. The molecule has 1 aliphatic rings. The number of aryl methyl sites for hydroxylation is 2. The van der Waals surface area contributed by atoms with E-state index in [-0.39, 0.29) is 5.78 Å². The van der Waals surface area contributed by atoms with Gasteiger partial charge in [0.2, 0.25) is 0 Å². The molecule has 21 heavy (non-hydrogen) atoms. The second-order valence-corrected chi connectivity index (χ2v) is 5.37. The largest absolute Gasteiger partial charge is 0.490 e. The second kappa shape index (κ2) is 5.64. The number of ether oxygens (including phenoxy) is 1. The molecular formula is C17H18N2O2. The van der Waals surface area contributed by atoms with Crippen molar-refractivity contribution in [2.24, 2.45) is 0 Å². The minimum absolute atomic E-state index is 0.0113. The van der Waals surface area contributed by atoms with E-state index < -0.39 is 0 Å². The number of rotatable bonds is 5. The average molecular weight is 282 g/mol. The van der Waals surface area contributed by atoms with Gasteiger partial charge in [-0.1, -0.05) is 6.92 Å². The molecular weight excluding hydrogens is 264 g/mol. The molecule has 3 rings (SSSR count). The lowest BCUT2D eigenvalue weighted by Gasteiger charge is -2.08. The van der Waals surface area contributed by atoms with Crippen LogP contribution in [-0.4, -0.2) is 22.1 Å². The van der Waals surface area contributed by atoms with Gasteiger partial charge in [-0.2, -0.15) is 10.2 Å². The van der Waals surface area contributed by atoms with Gasteiger partial charge in [0, 0.05) is 11.1 Å². The van der Waals surface area contributed by atoms with E-state index in [1.165, 1.54) is 0 Å². The first-order valence-electron chi connectivity index (χ1n) is 7.32. The quantitative estimate of drug-likeness (QED) is 0.791. The Bertz CT molecular complexity index is 661. The van der Waals surface area contributed by atoms with Crippen LogP contribution in [0.25, 0.3) is 0 Å². The topological polar surface area (TPSA) is 52.1 Å². The van der Waals surface area contributed by atoms with Gasteiger partial charge in [-0.25, -0.2) is 0 Å². The van der Waals surface area contributed by atoms with Crippen LogP contribution >= 0.6 is 0 Å². The molecule has 1 fully saturated rings. The summed E-state index contributed by atoms with van der Waals surface area (Å²) < 4.78 is 5.70. The fourth-order valence-electron chi connectivity index (χ4n) is 2.19. The standard InChI is InChI=1S/C17H18N2O2/c1-3-16-15(10-11(2)18-19-16)17(20)12-4-6-13(7-5-12)21-14-8-9-14/h4-7,10,14H,3,8-9H2,1-2H3. The molecule has 0 atom stereocenters. The van der Waals surface area contributed by atoms with E-state index in [0.717, 1.165) is 30.0 Å². The summed E-state index contributed by atoms with van der Waals surface area (Å²) in [4.78, 5) is 12.6. The van der Waals surface area contributed by atoms with Crippen LogP contribution in [0.15, 0.2) is 30.3 Å². The molecule has 0 radical (unpaired) electrons. The maximum Gasteiger partial charge on any atom is 0.194 e. The Morgan fingerprint density at radius 1 is 1.24 bits per heavy atom. The van der Waals surface area contributed by atoms with E-state index in [2.05, 4.69) is 10.2 Å². The van der Waals surface area contributed by atoms with Crippen molar-refractivity contribution in [3.63, 3.8) is 0 Å². The summed E-state index contributed by atoms with van der Waals surface area (Å²) in [5.74, 6) is 0.816. The van der Waals surface area contributed by atoms with Crippen molar-refractivity contribution < 1.29 is 9.53 Å². The summed E-state index contributed by atoms with van der Waals surface area (Å²) in [6.07, 6.45) is 3.31. The van der Waals surface area contributed by atoms with Crippen molar-refractivity contribution in [3.8, 4) is 5.75 Å². The van der Waals surface area contributed by atoms with Gasteiger partial charge in [0.25, 0.3) is 0 Å². The summed E-state index contributed by atoms with van der Waals surface area (Å²) >= 11 is 0. The van der Waals surface area contributed by atoms with Crippen LogP contribution < -0.4 is 4.74 Å². The van der Waals surface area contributed by atoms with Gasteiger partial charge in [0.1, 0.15) is 5.75 Å². The highest BCUT2D eigenvalue weighted by atomic mass is 16.5. The number of ketones is 1. The average Bonchev–Trinajstić information content (AvgIpc) is 3.31. The lowest BCUT2D eigenvalue weighted by atomic mass is 10.0. The Kier molecular flexibility index (Phi) is 3.69. The molecule has 1 aromatic heterocycles. The Balaban J connectivity index is 1.85. The molecule has 0 spiro atoms. The molecule has 0 unspecified atom stereocenters. The number of aromatic nitrogens is 2. The van der Waals surface area contributed by atoms with E-state index in [4.69, 9.17) is 4.74 Å². The van der Waals surface area contributed by atoms with Crippen molar-refractivity contribution in [3.05, 3.63) is 52.8 Å². The van der Waals surface area contributed by atoms with Gasteiger partial charge in [-0.15, -0.1) is 0 Å². The molecule has 4 heteroatoms. The predicted octanol–water partition coefficient (Wildman–Crippen LogP) is 3.12. The lowest BCUT2D eigenvalue weighted by Crippen LogP contribution is -2.09. The van der Waals surface area contributed by atoms with Crippen molar-refractivity contribution in [1.82, 2.24) is 10.2 Å². The number of nitrogens with zero attached hydrogens (tertiary/aromatic N) is 2. The Morgan fingerprint density at radius 2 is 1.95 bits per heavy atom. The molecule has 0 saturated heterocycles. The molecule has 108 valence electrons. The first kappa shape index (κ1) is 13.7. The highest BCUT2D eigenvalue weighted by Crippen LogP contribution is 2.27. The molecule has 1 aromatic carbocycles. The number of carbonyl (C=O) groups excluding carboxylic acids is 1. The summed E-state index contributed by atoms with van der Waals surface area (Å²) in [7, 11) is 0. The Hall–Kier alpha value is -2.23. The van der Waals surface area contributed by atoms with E-state index in [1.54, 1.807) is 0 Å². The van der Waals surface area contributed by atoms with E-state index in [1.807, 2.05) is 44.2 Å². The fraction of sp³-hybridized carbons (Fsp3) is 0.353. The maximum atomic E-state index is 12.6. The molecule has 0 aliphatic heterocycles. The van der Waals surface area contributed by atoms with Crippen LogP contribution in [0.2, 0.25) is 0 Å². The van der Waals surface area contributed by atoms with Crippen LogP contribution in [0.3, 0.4) is 0 Å². The third-order valence-electron chi connectivity index (χ3n) is 3.52. The van der Waals surface area contributed by atoms with Crippen molar-refractivity contribution >= 4 is 5.78 Å². The first-order valence-corrected chi connectivity index (χ1v) is 7.32. The molecule has 0 bridgehead atoms. The van der Waals surface area contributed by atoms with Gasteiger partial charge in [0.15, 0.2) is 5.78 Å². The lowest BCUT2D eigenvalue weighted by molar-refractivity contribution is 0.103. The minimum atomic E-state index is -0.0113. The zero-order valence-electron chi connectivity index (χ0n) is 12.3. The van der Waals surface area contributed by atoms with Gasteiger partial charge in [-0.3, -0.25) is 4.79 Å². The van der Waals surface area contributed by atoms with Gasteiger partial charge in [0.05, 0.1) is 17.5 Å². The van der Waals surface area contributed by atoms with Gasteiger partial charge >= 0.3 is 0 Å². The summed E-state index contributed by atoms with van der Waals surface area (Å²) in [5.41, 5.74) is 2.79. The van der Waals surface area contributed by atoms with E-state index >= 15 is 0 Å². The number of carbonyl (C=O) groups is 1. The predicted molar refractivity (Wildman–Crippen MR) is 79.7 cm³/mol. The van der Waals surface area contributed by atoms with Crippen LogP contribution in [0, 0.1) is 6.92 Å². The molecule has 1 heterocycles. The van der Waals surface area contributed by atoms with Crippen LogP contribution in [0.1, 0.15) is 47.1 Å². The number of benzene rings is 1. The van der Waals surface area contributed by atoms with Crippen LogP contribution in [0.5, 0.6) is 5.75 Å². The SMILES string of the molecule is CCc1nnc(C)cc1C(=O)c1ccc(OC2CC2)cc1. The van der Waals surface area contributed by atoms with Gasteiger partial charge < -0.3 is 4.74 Å². The third-order valence-corrected chi connectivity index (χ3v) is 3.52. The van der Waals surface area contributed by atoms with Crippen molar-refractivity contribution in [2.45, 2.75) is 39.2 Å². The number of hydrogen-bond donors (Lipinski definition) is 0. The molecule has 1 saturated carbocycles. The molecule has 0 amide bonds. The smallest absolute Gasteiger partial charge is 0.194 e. The maximum absolute atomic E-state index is 12.6. The highest BCUT2D eigenvalue weighted by molar-refractivity contribution is 6.09. The summed E-state index contributed by atoms with van der Waals surface area (Å²) in [6, 6.07) is 9.16. The van der Waals surface area contributed by atoms with Crippen molar-refractivity contribution in [1.29, 1.82) is 0 Å². The summed E-state index contributed by atoms with van der Waals surface area (Å²) in [5, 5.41) is 8.13. The number of hydrogen-bond acceptors (Lipinski definition) is 4. The second-order valence-electron chi connectivity index (χ2n) is 5.37. The minimum Gasteiger partial charge on any atom is -0.490 e. The summed E-state index contributed by atoms with van der Waals surface area (Å²) in [6.45, 7) is 3.82. The first-order chi connectivity index (χ1) is 10.2. The monoisotopic (exact) mass is 282 g/mol. The van der Waals surface area contributed by atoms with Gasteiger partial charge in [-0.05, 0) is 56.5 Å². The molecule has 2 aromatic rings. The normalized spacial score (nSPS) is 14.0.